The first-order valence-electron chi connectivity index (χ1n) is 7.69. The smallest absolute Gasteiger partial charge is 0.223 e. The van der Waals surface area contributed by atoms with Gasteiger partial charge in [-0.1, -0.05) is 31.9 Å². The summed E-state index contributed by atoms with van der Waals surface area (Å²) in [4.78, 5) is 12.2. The van der Waals surface area contributed by atoms with Gasteiger partial charge in [-0.15, -0.1) is 0 Å². The molecule has 0 radical (unpaired) electrons. The summed E-state index contributed by atoms with van der Waals surface area (Å²) in [5, 5.41) is 3.21. The fraction of sp³-hybridized carbons (Fsp3) is 0.588. The van der Waals surface area contributed by atoms with E-state index in [0.717, 1.165) is 30.7 Å². The minimum Gasteiger partial charge on any atom is -0.353 e. The largest absolute Gasteiger partial charge is 0.353 e. The van der Waals surface area contributed by atoms with Crippen molar-refractivity contribution in [1.82, 2.24) is 5.32 Å². The third-order valence-corrected chi connectivity index (χ3v) is 4.71. The first-order chi connectivity index (χ1) is 9.63. The van der Waals surface area contributed by atoms with E-state index in [-0.39, 0.29) is 23.6 Å². The SMILES string of the molecule is CC1CCCC(NC(=O)C2CC2c2ccc(F)cc2)C1. The van der Waals surface area contributed by atoms with Gasteiger partial charge in [0.25, 0.3) is 0 Å². The Kier molecular flexibility index (Phi) is 3.77. The molecule has 0 aromatic heterocycles. The Balaban J connectivity index is 1.53. The van der Waals surface area contributed by atoms with Crippen molar-refractivity contribution in [3.8, 4) is 0 Å². The zero-order chi connectivity index (χ0) is 14.1. The molecule has 2 aliphatic carbocycles. The number of amides is 1. The molecular weight excluding hydrogens is 253 g/mol. The molecule has 4 atom stereocenters. The lowest BCUT2D eigenvalue weighted by Gasteiger charge is -2.27. The van der Waals surface area contributed by atoms with Gasteiger partial charge in [0.1, 0.15) is 5.82 Å². The molecule has 4 unspecified atom stereocenters. The van der Waals surface area contributed by atoms with Gasteiger partial charge in [-0.05, 0) is 48.8 Å². The van der Waals surface area contributed by atoms with Gasteiger partial charge in [0.2, 0.25) is 5.91 Å². The second-order valence-corrected chi connectivity index (χ2v) is 6.48. The van der Waals surface area contributed by atoms with Crippen molar-refractivity contribution in [2.75, 3.05) is 0 Å². The molecule has 2 nitrogen and oxygen atoms in total. The number of hydrogen-bond donors (Lipinski definition) is 1. The minimum absolute atomic E-state index is 0.0951. The minimum atomic E-state index is -0.216. The lowest BCUT2D eigenvalue weighted by molar-refractivity contribution is -0.123. The highest BCUT2D eigenvalue weighted by Gasteiger charge is 2.44. The summed E-state index contributed by atoms with van der Waals surface area (Å²) in [6.45, 7) is 2.26. The summed E-state index contributed by atoms with van der Waals surface area (Å²) >= 11 is 0. The molecule has 20 heavy (non-hydrogen) atoms. The van der Waals surface area contributed by atoms with Crippen LogP contribution in [0.5, 0.6) is 0 Å². The van der Waals surface area contributed by atoms with Gasteiger partial charge in [-0.3, -0.25) is 4.79 Å². The molecule has 2 fully saturated rings. The van der Waals surface area contributed by atoms with Gasteiger partial charge in [-0.25, -0.2) is 4.39 Å². The number of halogens is 1. The molecule has 3 rings (SSSR count). The van der Waals surface area contributed by atoms with Crippen LogP contribution >= 0.6 is 0 Å². The fourth-order valence-corrected chi connectivity index (χ4v) is 3.44. The molecular formula is C17H22FNO. The van der Waals surface area contributed by atoms with Crippen molar-refractivity contribution >= 4 is 5.91 Å². The number of benzene rings is 1. The monoisotopic (exact) mass is 275 g/mol. The molecule has 3 heteroatoms. The predicted octanol–water partition coefficient (Wildman–Crippen LogP) is 3.62. The highest BCUT2D eigenvalue weighted by molar-refractivity contribution is 5.83. The molecule has 1 aromatic rings. The Hall–Kier alpha value is -1.38. The Bertz CT molecular complexity index is 484. The van der Waals surface area contributed by atoms with Crippen molar-refractivity contribution in [2.45, 2.75) is 51.0 Å². The van der Waals surface area contributed by atoms with E-state index >= 15 is 0 Å². The van der Waals surface area contributed by atoms with Crippen molar-refractivity contribution in [3.63, 3.8) is 0 Å². The summed E-state index contributed by atoms with van der Waals surface area (Å²) in [6, 6.07) is 6.92. The number of carbonyl (C=O) groups excluding carboxylic acids is 1. The number of rotatable bonds is 3. The molecule has 1 amide bonds. The van der Waals surface area contributed by atoms with Crippen molar-refractivity contribution in [3.05, 3.63) is 35.6 Å². The zero-order valence-corrected chi connectivity index (χ0v) is 11.9. The number of hydrogen-bond acceptors (Lipinski definition) is 1. The van der Waals surface area contributed by atoms with Gasteiger partial charge in [-0.2, -0.15) is 0 Å². The highest BCUT2D eigenvalue weighted by Crippen LogP contribution is 2.47. The maximum absolute atomic E-state index is 12.9. The van der Waals surface area contributed by atoms with Gasteiger partial charge in [0.05, 0.1) is 0 Å². The van der Waals surface area contributed by atoms with Crippen LogP contribution in [0.4, 0.5) is 4.39 Å². The Labute approximate surface area is 119 Å². The van der Waals surface area contributed by atoms with Crippen molar-refractivity contribution < 1.29 is 9.18 Å². The van der Waals surface area contributed by atoms with Crippen molar-refractivity contribution in [2.24, 2.45) is 11.8 Å². The maximum atomic E-state index is 12.9. The van der Waals surface area contributed by atoms with E-state index in [4.69, 9.17) is 0 Å². The standard InChI is InChI=1S/C17H22FNO/c1-11-3-2-4-14(9-11)19-17(20)16-10-15(16)12-5-7-13(18)8-6-12/h5-8,11,14-16H,2-4,9-10H2,1H3,(H,19,20). The molecule has 0 spiro atoms. The van der Waals surface area contributed by atoms with E-state index in [2.05, 4.69) is 12.2 Å². The summed E-state index contributed by atoms with van der Waals surface area (Å²) in [7, 11) is 0. The third kappa shape index (κ3) is 3.02. The topological polar surface area (TPSA) is 29.1 Å². The molecule has 108 valence electrons. The molecule has 1 aromatic carbocycles. The van der Waals surface area contributed by atoms with E-state index in [0.29, 0.717) is 6.04 Å². The molecule has 0 aliphatic heterocycles. The highest BCUT2D eigenvalue weighted by atomic mass is 19.1. The maximum Gasteiger partial charge on any atom is 0.223 e. The van der Waals surface area contributed by atoms with E-state index in [9.17, 15) is 9.18 Å². The van der Waals surface area contributed by atoms with Crippen LogP contribution in [0.15, 0.2) is 24.3 Å². The lowest BCUT2D eigenvalue weighted by Crippen LogP contribution is -2.39. The van der Waals surface area contributed by atoms with Gasteiger partial charge < -0.3 is 5.32 Å². The normalized spacial score (nSPS) is 32.7. The molecule has 0 bridgehead atoms. The quantitative estimate of drug-likeness (QED) is 0.896. The Morgan fingerprint density at radius 3 is 2.65 bits per heavy atom. The lowest BCUT2D eigenvalue weighted by atomic mass is 9.87. The van der Waals surface area contributed by atoms with Crippen LogP contribution in [0.25, 0.3) is 0 Å². The summed E-state index contributed by atoms with van der Waals surface area (Å²) < 4.78 is 12.9. The summed E-state index contributed by atoms with van der Waals surface area (Å²) in [5.41, 5.74) is 1.09. The number of nitrogens with one attached hydrogen (secondary N) is 1. The first-order valence-corrected chi connectivity index (χ1v) is 7.69. The number of carbonyl (C=O) groups is 1. The Morgan fingerprint density at radius 1 is 1.20 bits per heavy atom. The molecule has 2 aliphatic rings. The second kappa shape index (κ2) is 5.55. The van der Waals surface area contributed by atoms with Crippen LogP contribution in [0.2, 0.25) is 0 Å². The van der Waals surface area contributed by atoms with Crippen LogP contribution in [0.3, 0.4) is 0 Å². The van der Waals surface area contributed by atoms with Crippen LogP contribution in [-0.2, 0) is 4.79 Å². The fourth-order valence-electron chi connectivity index (χ4n) is 3.44. The van der Waals surface area contributed by atoms with E-state index in [1.165, 1.54) is 25.0 Å². The predicted molar refractivity (Wildman–Crippen MR) is 76.8 cm³/mol. The van der Waals surface area contributed by atoms with Crippen LogP contribution < -0.4 is 5.32 Å². The third-order valence-electron chi connectivity index (χ3n) is 4.71. The molecule has 2 saturated carbocycles. The first kappa shape index (κ1) is 13.6. The van der Waals surface area contributed by atoms with E-state index in [1.54, 1.807) is 12.1 Å². The second-order valence-electron chi connectivity index (χ2n) is 6.48. The van der Waals surface area contributed by atoms with Crippen LogP contribution in [-0.4, -0.2) is 11.9 Å². The van der Waals surface area contributed by atoms with Crippen LogP contribution in [0.1, 0.15) is 50.5 Å². The van der Waals surface area contributed by atoms with Gasteiger partial charge in [0, 0.05) is 12.0 Å². The van der Waals surface area contributed by atoms with E-state index < -0.39 is 0 Å². The summed E-state index contributed by atoms with van der Waals surface area (Å²) in [5.74, 6) is 1.08. The van der Waals surface area contributed by atoms with Gasteiger partial charge in [0.15, 0.2) is 0 Å². The van der Waals surface area contributed by atoms with Gasteiger partial charge >= 0.3 is 0 Å². The molecule has 0 saturated heterocycles. The zero-order valence-electron chi connectivity index (χ0n) is 11.9. The molecule has 1 N–H and O–H groups in total. The van der Waals surface area contributed by atoms with E-state index in [1.807, 2.05) is 0 Å². The average Bonchev–Trinajstić information content (AvgIpc) is 3.20. The average molecular weight is 275 g/mol. The Morgan fingerprint density at radius 2 is 1.95 bits per heavy atom. The summed E-state index contributed by atoms with van der Waals surface area (Å²) in [6.07, 6.45) is 5.63. The molecule has 0 heterocycles. The van der Waals surface area contributed by atoms with Crippen LogP contribution in [0, 0.1) is 17.7 Å². The van der Waals surface area contributed by atoms with Crippen molar-refractivity contribution in [1.29, 1.82) is 0 Å².